The fraction of sp³-hybridized carbons (Fsp3) is 1.00. The van der Waals surface area contributed by atoms with Crippen LogP contribution in [0.2, 0.25) is 0 Å². The summed E-state index contributed by atoms with van der Waals surface area (Å²) in [5, 5.41) is 0. The van der Waals surface area contributed by atoms with E-state index < -0.39 is 0 Å². The molecule has 2 heteroatoms. The summed E-state index contributed by atoms with van der Waals surface area (Å²) in [6.45, 7) is 0.823. The molecule has 1 rings (SSSR count). The molecule has 1 atom stereocenters. The third-order valence-corrected chi connectivity index (χ3v) is 3.60. The van der Waals surface area contributed by atoms with Gasteiger partial charge in [0, 0.05) is 20.8 Å². The second-order valence-corrected chi connectivity index (χ2v) is 4.72. The van der Waals surface area contributed by atoms with Crippen LogP contribution in [0.25, 0.3) is 0 Å². The molecule has 90 valence electrons. The van der Waals surface area contributed by atoms with E-state index in [2.05, 4.69) is 0 Å². The Labute approximate surface area is 94.3 Å². The Morgan fingerprint density at radius 1 is 1.07 bits per heavy atom. The summed E-state index contributed by atoms with van der Waals surface area (Å²) in [6.07, 6.45) is 11.2. The Balaban J connectivity index is 2.09. The molecule has 0 heterocycles. The minimum absolute atomic E-state index is 0.409. The zero-order valence-corrected chi connectivity index (χ0v) is 10.3. The van der Waals surface area contributed by atoms with Crippen LogP contribution in [0.3, 0.4) is 0 Å². The molecule has 0 bridgehead atoms. The van der Waals surface area contributed by atoms with Gasteiger partial charge in [-0.2, -0.15) is 0 Å². The Kier molecular flexibility index (Phi) is 7.03. The highest BCUT2D eigenvalue weighted by Crippen LogP contribution is 2.28. The van der Waals surface area contributed by atoms with E-state index in [-0.39, 0.29) is 0 Å². The maximum atomic E-state index is 5.46. The Hall–Kier alpha value is -0.0800. The lowest BCUT2D eigenvalue weighted by Crippen LogP contribution is -2.16. The predicted molar refractivity (Wildman–Crippen MR) is 63.1 cm³/mol. The standard InChI is InChI=1S/C13H26O2/c1-14-11-10-13(15-2)9-8-12-6-4-3-5-7-12/h12-13H,3-11H2,1-2H3. The van der Waals surface area contributed by atoms with Crippen molar-refractivity contribution in [2.45, 2.75) is 57.5 Å². The minimum atomic E-state index is 0.409. The molecule has 0 aromatic heterocycles. The van der Waals surface area contributed by atoms with Gasteiger partial charge in [0.15, 0.2) is 0 Å². The number of methoxy groups -OCH3 is 2. The minimum Gasteiger partial charge on any atom is -0.385 e. The van der Waals surface area contributed by atoms with Gasteiger partial charge in [0.2, 0.25) is 0 Å². The van der Waals surface area contributed by atoms with Gasteiger partial charge in [-0.25, -0.2) is 0 Å². The first kappa shape index (κ1) is 13.0. The number of hydrogen-bond acceptors (Lipinski definition) is 2. The monoisotopic (exact) mass is 214 g/mol. The summed E-state index contributed by atoms with van der Waals surface area (Å²) in [5.74, 6) is 0.971. The molecule has 0 aliphatic heterocycles. The van der Waals surface area contributed by atoms with Gasteiger partial charge in [-0.1, -0.05) is 32.1 Å². The molecule has 0 amide bonds. The number of ether oxygens (including phenoxy) is 2. The van der Waals surface area contributed by atoms with Crippen LogP contribution < -0.4 is 0 Å². The second kappa shape index (κ2) is 8.12. The first-order valence-corrected chi connectivity index (χ1v) is 6.38. The van der Waals surface area contributed by atoms with Crippen molar-refractivity contribution in [3.05, 3.63) is 0 Å². The van der Waals surface area contributed by atoms with E-state index in [1.54, 1.807) is 7.11 Å². The maximum Gasteiger partial charge on any atom is 0.0593 e. The number of rotatable bonds is 7. The van der Waals surface area contributed by atoms with Gasteiger partial charge < -0.3 is 9.47 Å². The average molecular weight is 214 g/mol. The van der Waals surface area contributed by atoms with Crippen LogP contribution in [-0.4, -0.2) is 26.9 Å². The van der Waals surface area contributed by atoms with Gasteiger partial charge in [-0.3, -0.25) is 0 Å². The second-order valence-electron chi connectivity index (χ2n) is 4.72. The van der Waals surface area contributed by atoms with Crippen LogP contribution in [-0.2, 0) is 9.47 Å². The molecule has 1 aliphatic carbocycles. The molecule has 0 aromatic rings. The highest BCUT2D eigenvalue weighted by Gasteiger charge is 2.15. The third-order valence-electron chi connectivity index (χ3n) is 3.60. The van der Waals surface area contributed by atoms with E-state index in [4.69, 9.17) is 9.47 Å². The van der Waals surface area contributed by atoms with Crippen molar-refractivity contribution < 1.29 is 9.47 Å². The van der Waals surface area contributed by atoms with E-state index in [9.17, 15) is 0 Å². The highest BCUT2D eigenvalue weighted by atomic mass is 16.5. The predicted octanol–water partition coefficient (Wildman–Crippen LogP) is 3.40. The zero-order valence-electron chi connectivity index (χ0n) is 10.3. The van der Waals surface area contributed by atoms with E-state index in [0.29, 0.717) is 6.10 Å². The van der Waals surface area contributed by atoms with Crippen molar-refractivity contribution in [2.75, 3.05) is 20.8 Å². The SMILES string of the molecule is COCCC(CCC1CCCCC1)OC. The van der Waals surface area contributed by atoms with Gasteiger partial charge >= 0.3 is 0 Å². The van der Waals surface area contributed by atoms with Crippen molar-refractivity contribution >= 4 is 0 Å². The summed E-state index contributed by atoms with van der Waals surface area (Å²) in [7, 11) is 3.58. The van der Waals surface area contributed by atoms with E-state index in [1.807, 2.05) is 7.11 Å². The summed E-state index contributed by atoms with van der Waals surface area (Å²) in [6, 6.07) is 0. The lowest BCUT2D eigenvalue weighted by atomic mass is 9.85. The van der Waals surface area contributed by atoms with Gasteiger partial charge in [0.25, 0.3) is 0 Å². The summed E-state index contributed by atoms with van der Waals surface area (Å²) in [5.41, 5.74) is 0. The average Bonchev–Trinajstić information content (AvgIpc) is 2.31. The van der Waals surface area contributed by atoms with Crippen LogP contribution in [0.4, 0.5) is 0 Å². The molecular weight excluding hydrogens is 188 g/mol. The first-order chi connectivity index (χ1) is 7.36. The summed E-state index contributed by atoms with van der Waals surface area (Å²) >= 11 is 0. The molecule has 1 unspecified atom stereocenters. The van der Waals surface area contributed by atoms with Gasteiger partial charge in [0.1, 0.15) is 0 Å². The topological polar surface area (TPSA) is 18.5 Å². The quantitative estimate of drug-likeness (QED) is 0.646. The van der Waals surface area contributed by atoms with E-state index >= 15 is 0 Å². The molecule has 1 fully saturated rings. The van der Waals surface area contributed by atoms with Crippen LogP contribution >= 0.6 is 0 Å². The summed E-state index contributed by atoms with van der Waals surface area (Å²) in [4.78, 5) is 0. The Morgan fingerprint density at radius 2 is 1.80 bits per heavy atom. The van der Waals surface area contributed by atoms with Crippen molar-refractivity contribution in [1.29, 1.82) is 0 Å². The van der Waals surface area contributed by atoms with Gasteiger partial charge in [-0.05, 0) is 25.2 Å². The van der Waals surface area contributed by atoms with Crippen molar-refractivity contribution in [2.24, 2.45) is 5.92 Å². The lowest BCUT2D eigenvalue weighted by molar-refractivity contribution is 0.0549. The lowest BCUT2D eigenvalue weighted by Gasteiger charge is -2.23. The summed E-state index contributed by atoms with van der Waals surface area (Å²) < 4.78 is 10.5. The van der Waals surface area contributed by atoms with Crippen LogP contribution in [0.15, 0.2) is 0 Å². The highest BCUT2D eigenvalue weighted by molar-refractivity contribution is 4.68. The first-order valence-electron chi connectivity index (χ1n) is 6.38. The van der Waals surface area contributed by atoms with Crippen LogP contribution in [0.1, 0.15) is 51.4 Å². The molecule has 15 heavy (non-hydrogen) atoms. The maximum absolute atomic E-state index is 5.46. The fourth-order valence-corrected chi connectivity index (χ4v) is 2.53. The fourth-order valence-electron chi connectivity index (χ4n) is 2.53. The van der Waals surface area contributed by atoms with Gasteiger partial charge in [0.05, 0.1) is 6.10 Å². The van der Waals surface area contributed by atoms with Crippen LogP contribution in [0, 0.1) is 5.92 Å². The molecule has 0 saturated heterocycles. The molecule has 0 N–H and O–H groups in total. The Bertz CT molecular complexity index is 141. The molecule has 2 nitrogen and oxygen atoms in total. The molecule has 0 radical (unpaired) electrons. The van der Waals surface area contributed by atoms with E-state index in [0.717, 1.165) is 18.9 Å². The largest absolute Gasteiger partial charge is 0.385 e. The number of hydrogen-bond donors (Lipinski definition) is 0. The Morgan fingerprint density at radius 3 is 2.40 bits per heavy atom. The molecule has 1 saturated carbocycles. The molecular formula is C13H26O2. The van der Waals surface area contributed by atoms with Gasteiger partial charge in [-0.15, -0.1) is 0 Å². The molecule has 0 aromatic carbocycles. The molecule has 1 aliphatic rings. The van der Waals surface area contributed by atoms with Crippen molar-refractivity contribution in [3.63, 3.8) is 0 Å². The third kappa shape index (κ3) is 5.53. The normalized spacial score (nSPS) is 20.4. The van der Waals surface area contributed by atoms with Crippen molar-refractivity contribution in [1.82, 2.24) is 0 Å². The smallest absolute Gasteiger partial charge is 0.0593 e. The van der Waals surface area contributed by atoms with Crippen LogP contribution in [0.5, 0.6) is 0 Å². The van der Waals surface area contributed by atoms with E-state index in [1.165, 1.54) is 44.9 Å². The zero-order chi connectivity index (χ0) is 10.9. The molecule has 0 spiro atoms. The van der Waals surface area contributed by atoms with Crippen molar-refractivity contribution in [3.8, 4) is 0 Å².